The smallest absolute Gasteiger partial charge is 0.371 e. The van der Waals surface area contributed by atoms with Gasteiger partial charge in [-0.15, -0.1) is 0 Å². The molecule has 3 rings (SSSR count). The van der Waals surface area contributed by atoms with Crippen molar-refractivity contribution in [3.8, 4) is 0 Å². The molecule has 2 N–H and O–H groups in total. The first-order valence-corrected chi connectivity index (χ1v) is 5.28. The largest absolute Gasteiger partial charge is 0.475 e. The Kier molecular flexibility index (Phi) is 1.71. The van der Waals surface area contributed by atoms with Gasteiger partial charge in [-0.3, -0.25) is 0 Å². The molecule has 15 heavy (non-hydrogen) atoms. The summed E-state index contributed by atoms with van der Waals surface area (Å²) in [6.45, 7) is 1.65. The Hall–Kier alpha value is -1.29. The maximum absolute atomic E-state index is 10.8. The van der Waals surface area contributed by atoms with Crippen LogP contribution in [0.3, 0.4) is 0 Å². The molecule has 1 aliphatic heterocycles. The van der Waals surface area contributed by atoms with Gasteiger partial charge in [0.1, 0.15) is 5.76 Å². The van der Waals surface area contributed by atoms with Crippen molar-refractivity contribution in [2.75, 3.05) is 6.54 Å². The molecule has 1 spiro atoms. The molecule has 0 atom stereocenters. The molecule has 0 saturated heterocycles. The molecule has 1 aliphatic carbocycles. The van der Waals surface area contributed by atoms with Crippen LogP contribution in [0.2, 0.25) is 0 Å². The van der Waals surface area contributed by atoms with Crippen molar-refractivity contribution < 1.29 is 14.3 Å². The van der Waals surface area contributed by atoms with Crippen LogP contribution < -0.4 is 5.32 Å². The van der Waals surface area contributed by atoms with Gasteiger partial charge >= 0.3 is 5.97 Å². The molecule has 1 aromatic heterocycles. The van der Waals surface area contributed by atoms with Gasteiger partial charge in [-0.1, -0.05) is 6.42 Å². The number of fused-ring (bicyclic) bond motifs is 2. The number of hydrogen-bond donors (Lipinski definition) is 2. The number of nitrogens with one attached hydrogen (secondary N) is 1. The molecule has 0 amide bonds. The molecule has 1 saturated carbocycles. The number of furan rings is 1. The molecule has 1 aromatic rings. The van der Waals surface area contributed by atoms with Crippen LogP contribution in [0.15, 0.2) is 10.5 Å². The Morgan fingerprint density at radius 2 is 2.33 bits per heavy atom. The van der Waals surface area contributed by atoms with Crippen LogP contribution in [0.4, 0.5) is 0 Å². The summed E-state index contributed by atoms with van der Waals surface area (Å²) >= 11 is 0. The van der Waals surface area contributed by atoms with Gasteiger partial charge in [-0.2, -0.15) is 0 Å². The minimum absolute atomic E-state index is 0.0787. The number of aromatic carboxylic acids is 1. The minimum atomic E-state index is -0.973. The average Bonchev–Trinajstić information content (AvgIpc) is 2.58. The number of hydrogen-bond acceptors (Lipinski definition) is 3. The van der Waals surface area contributed by atoms with Gasteiger partial charge in [0.05, 0.1) is 0 Å². The van der Waals surface area contributed by atoms with Crippen LogP contribution in [-0.4, -0.2) is 17.6 Å². The summed E-state index contributed by atoms with van der Waals surface area (Å²) in [5.41, 5.74) is 1.12. The van der Waals surface area contributed by atoms with Gasteiger partial charge in [0.25, 0.3) is 0 Å². The quantitative estimate of drug-likeness (QED) is 0.732. The first-order chi connectivity index (χ1) is 7.21. The summed E-state index contributed by atoms with van der Waals surface area (Å²) in [5, 5.41) is 12.2. The van der Waals surface area contributed by atoms with Gasteiger partial charge in [0.2, 0.25) is 5.76 Å². The summed E-state index contributed by atoms with van der Waals surface area (Å²) < 4.78 is 5.49. The average molecular weight is 207 g/mol. The van der Waals surface area contributed by atoms with E-state index in [1.807, 2.05) is 0 Å². The summed E-state index contributed by atoms with van der Waals surface area (Å²) in [7, 11) is 0. The zero-order chi connectivity index (χ0) is 10.5. The zero-order valence-corrected chi connectivity index (χ0v) is 8.38. The van der Waals surface area contributed by atoms with E-state index in [4.69, 9.17) is 9.52 Å². The standard InChI is InChI=1S/C11H13NO3/c13-10(14)8-4-7-5-12-6-11(2-1-3-11)9(7)15-8/h4,12H,1-3,5-6H2,(H,13,14). The van der Waals surface area contributed by atoms with Crippen LogP contribution in [0.1, 0.15) is 41.1 Å². The Labute approximate surface area is 87.3 Å². The lowest BCUT2D eigenvalue weighted by Gasteiger charge is -2.43. The van der Waals surface area contributed by atoms with E-state index in [9.17, 15) is 4.79 Å². The molecule has 4 heteroatoms. The normalized spacial score (nSPS) is 22.1. The third-order valence-electron chi connectivity index (χ3n) is 3.59. The molecule has 2 aliphatic rings. The van der Waals surface area contributed by atoms with E-state index < -0.39 is 5.97 Å². The van der Waals surface area contributed by atoms with Crippen LogP contribution in [0.25, 0.3) is 0 Å². The van der Waals surface area contributed by atoms with Gasteiger partial charge in [0, 0.05) is 24.1 Å². The molecule has 0 aromatic carbocycles. The second-order valence-corrected chi connectivity index (χ2v) is 4.51. The Balaban J connectivity index is 2.07. The topological polar surface area (TPSA) is 62.5 Å². The van der Waals surface area contributed by atoms with Crippen molar-refractivity contribution in [1.82, 2.24) is 5.32 Å². The highest BCUT2D eigenvalue weighted by molar-refractivity contribution is 5.84. The van der Waals surface area contributed by atoms with Crippen molar-refractivity contribution in [3.63, 3.8) is 0 Å². The van der Waals surface area contributed by atoms with Gasteiger partial charge in [-0.25, -0.2) is 4.79 Å². The summed E-state index contributed by atoms with van der Waals surface area (Å²) in [4.78, 5) is 10.8. The third-order valence-corrected chi connectivity index (χ3v) is 3.59. The summed E-state index contributed by atoms with van der Waals surface area (Å²) in [6.07, 6.45) is 3.43. The third kappa shape index (κ3) is 1.14. The highest BCUT2D eigenvalue weighted by Gasteiger charge is 2.45. The monoisotopic (exact) mass is 207 g/mol. The lowest BCUT2D eigenvalue weighted by molar-refractivity contribution is 0.0652. The molecule has 4 nitrogen and oxygen atoms in total. The van der Waals surface area contributed by atoms with Crippen molar-refractivity contribution in [2.45, 2.75) is 31.2 Å². The second-order valence-electron chi connectivity index (χ2n) is 4.51. The number of rotatable bonds is 1. The zero-order valence-electron chi connectivity index (χ0n) is 8.38. The molecule has 2 heterocycles. The minimum Gasteiger partial charge on any atom is -0.475 e. The molecule has 0 radical (unpaired) electrons. The van der Waals surface area contributed by atoms with Crippen LogP contribution >= 0.6 is 0 Å². The maximum Gasteiger partial charge on any atom is 0.371 e. The second kappa shape index (κ2) is 2.85. The van der Waals surface area contributed by atoms with E-state index in [2.05, 4.69) is 5.32 Å². The first-order valence-electron chi connectivity index (χ1n) is 5.28. The Morgan fingerprint density at radius 3 is 2.93 bits per heavy atom. The van der Waals surface area contributed by atoms with Crippen molar-refractivity contribution in [3.05, 3.63) is 23.2 Å². The fourth-order valence-corrected chi connectivity index (χ4v) is 2.64. The molecule has 0 bridgehead atoms. The molecular formula is C11H13NO3. The molecule has 1 fully saturated rings. The SMILES string of the molecule is O=C(O)c1cc2c(o1)C1(CCC1)CNC2. The predicted molar refractivity (Wildman–Crippen MR) is 52.9 cm³/mol. The van der Waals surface area contributed by atoms with Gasteiger partial charge < -0.3 is 14.8 Å². The Bertz CT molecular complexity index is 417. The maximum atomic E-state index is 10.8. The van der Waals surface area contributed by atoms with Crippen LogP contribution in [-0.2, 0) is 12.0 Å². The van der Waals surface area contributed by atoms with Gasteiger partial charge in [0.15, 0.2) is 0 Å². The fraction of sp³-hybridized carbons (Fsp3) is 0.545. The van der Waals surface area contributed by atoms with Crippen LogP contribution in [0.5, 0.6) is 0 Å². The molecule has 80 valence electrons. The number of carboxylic acids is 1. The van der Waals surface area contributed by atoms with Crippen molar-refractivity contribution in [1.29, 1.82) is 0 Å². The van der Waals surface area contributed by atoms with E-state index >= 15 is 0 Å². The van der Waals surface area contributed by atoms with E-state index in [0.717, 1.165) is 37.3 Å². The first kappa shape index (κ1) is 8.97. The number of carbonyl (C=O) groups is 1. The molecular weight excluding hydrogens is 194 g/mol. The van der Waals surface area contributed by atoms with E-state index in [1.54, 1.807) is 6.07 Å². The predicted octanol–water partition coefficient (Wildman–Crippen LogP) is 1.50. The number of carboxylic acid groups (broad SMARTS) is 1. The van der Waals surface area contributed by atoms with Gasteiger partial charge in [-0.05, 0) is 18.9 Å². The van der Waals surface area contributed by atoms with E-state index in [-0.39, 0.29) is 11.2 Å². The van der Waals surface area contributed by atoms with E-state index in [0.29, 0.717) is 0 Å². The lowest BCUT2D eigenvalue weighted by Crippen LogP contribution is -2.47. The van der Waals surface area contributed by atoms with Crippen molar-refractivity contribution in [2.24, 2.45) is 0 Å². The fourth-order valence-electron chi connectivity index (χ4n) is 2.64. The van der Waals surface area contributed by atoms with Crippen LogP contribution in [0, 0.1) is 0 Å². The summed E-state index contributed by atoms with van der Waals surface area (Å²) in [5.74, 6) is 0.0266. The Morgan fingerprint density at radius 1 is 1.53 bits per heavy atom. The van der Waals surface area contributed by atoms with Crippen molar-refractivity contribution >= 4 is 5.97 Å². The highest BCUT2D eigenvalue weighted by Crippen LogP contribution is 2.47. The highest BCUT2D eigenvalue weighted by atomic mass is 16.4. The lowest BCUT2D eigenvalue weighted by atomic mass is 9.65. The summed E-state index contributed by atoms with van der Waals surface area (Å²) in [6, 6.07) is 1.66. The molecule has 0 unspecified atom stereocenters. The van der Waals surface area contributed by atoms with E-state index in [1.165, 1.54) is 6.42 Å².